The molecule has 0 aromatic heterocycles. The van der Waals surface area contributed by atoms with E-state index < -0.39 is 21.8 Å². The molecule has 0 bridgehead atoms. The summed E-state index contributed by atoms with van der Waals surface area (Å²) in [6.07, 6.45) is -3.39. The van der Waals surface area contributed by atoms with E-state index in [-0.39, 0.29) is 18.2 Å². The number of carbonyl (C=O) groups excluding carboxylic acids is 1. The Morgan fingerprint density at radius 1 is 1.04 bits per heavy atom. The van der Waals surface area contributed by atoms with Crippen molar-refractivity contribution >= 4 is 21.6 Å². The van der Waals surface area contributed by atoms with Gasteiger partial charge in [-0.05, 0) is 54.8 Å². The van der Waals surface area contributed by atoms with E-state index in [9.17, 15) is 26.4 Å². The summed E-state index contributed by atoms with van der Waals surface area (Å²) in [4.78, 5) is 12.2. The Labute approximate surface area is 161 Å². The lowest BCUT2D eigenvalue weighted by atomic mass is 10.1. The molecule has 0 radical (unpaired) electrons. The number of sulfonamides is 1. The van der Waals surface area contributed by atoms with Crippen molar-refractivity contribution in [2.45, 2.75) is 19.0 Å². The van der Waals surface area contributed by atoms with Crippen molar-refractivity contribution < 1.29 is 26.4 Å². The van der Waals surface area contributed by atoms with Gasteiger partial charge < -0.3 is 5.32 Å². The third kappa shape index (κ3) is 4.64. The Balaban J connectivity index is 1.54. The molecule has 1 saturated heterocycles. The first kappa shape index (κ1) is 20.2. The van der Waals surface area contributed by atoms with Crippen LogP contribution in [0.1, 0.15) is 27.9 Å². The number of hydrogen-bond acceptors (Lipinski definition) is 3. The van der Waals surface area contributed by atoms with Gasteiger partial charge in [-0.15, -0.1) is 0 Å². The minimum absolute atomic E-state index is 0.124. The molecule has 2 aromatic rings. The maximum absolute atomic E-state index is 12.5. The molecule has 1 fully saturated rings. The third-order valence-corrected chi connectivity index (χ3v) is 6.37. The second-order valence-electron chi connectivity index (χ2n) is 6.49. The van der Waals surface area contributed by atoms with E-state index in [0.29, 0.717) is 36.2 Å². The van der Waals surface area contributed by atoms with Crippen LogP contribution in [0.3, 0.4) is 0 Å². The Hall–Kier alpha value is -2.55. The van der Waals surface area contributed by atoms with Crippen molar-refractivity contribution in [2.75, 3.05) is 23.1 Å². The van der Waals surface area contributed by atoms with Crippen molar-refractivity contribution in [1.82, 2.24) is 5.32 Å². The number of carbonyl (C=O) groups is 1. The number of amides is 1. The highest BCUT2D eigenvalue weighted by molar-refractivity contribution is 7.93. The van der Waals surface area contributed by atoms with Crippen LogP contribution in [-0.2, 0) is 22.6 Å². The van der Waals surface area contributed by atoms with Gasteiger partial charge in [0.05, 0.1) is 17.0 Å². The highest BCUT2D eigenvalue weighted by Crippen LogP contribution is 2.29. The monoisotopic (exact) mass is 412 g/mol. The molecule has 1 heterocycles. The lowest BCUT2D eigenvalue weighted by molar-refractivity contribution is -0.137. The zero-order valence-electron chi connectivity index (χ0n) is 14.9. The normalized spacial score (nSPS) is 16.2. The summed E-state index contributed by atoms with van der Waals surface area (Å²) in [7, 11) is -3.27. The topological polar surface area (TPSA) is 66.5 Å². The largest absolute Gasteiger partial charge is 0.416 e. The van der Waals surface area contributed by atoms with Crippen molar-refractivity contribution in [3.05, 3.63) is 65.2 Å². The van der Waals surface area contributed by atoms with Crippen LogP contribution in [0.5, 0.6) is 0 Å². The van der Waals surface area contributed by atoms with Crippen molar-refractivity contribution in [1.29, 1.82) is 0 Å². The summed E-state index contributed by atoms with van der Waals surface area (Å²) in [6.45, 7) is 0.702. The highest BCUT2D eigenvalue weighted by Gasteiger charge is 2.30. The summed E-state index contributed by atoms with van der Waals surface area (Å²) in [6, 6.07) is 11.1. The number of nitrogens with zero attached hydrogens (tertiary/aromatic N) is 1. The maximum Gasteiger partial charge on any atom is 0.416 e. The Morgan fingerprint density at radius 3 is 2.21 bits per heavy atom. The van der Waals surface area contributed by atoms with Crippen molar-refractivity contribution in [3.8, 4) is 0 Å². The molecular formula is C19H19F3N2O3S. The number of benzene rings is 2. The lowest BCUT2D eigenvalue weighted by Gasteiger charge is -2.17. The molecule has 1 aliphatic rings. The van der Waals surface area contributed by atoms with Crippen LogP contribution in [0.2, 0.25) is 0 Å². The van der Waals surface area contributed by atoms with Crippen LogP contribution in [0, 0.1) is 0 Å². The van der Waals surface area contributed by atoms with Crippen molar-refractivity contribution in [3.63, 3.8) is 0 Å². The van der Waals surface area contributed by atoms with E-state index in [1.807, 2.05) is 0 Å². The van der Waals surface area contributed by atoms with Gasteiger partial charge >= 0.3 is 6.18 Å². The van der Waals surface area contributed by atoms with Gasteiger partial charge in [-0.3, -0.25) is 9.10 Å². The Morgan fingerprint density at radius 2 is 1.68 bits per heavy atom. The number of nitrogens with one attached hydrogen (secondary N) is 1. The first-order valence-electron chi connectivity index (χ1n) is 8.72. The summed E-state index contributed by atoms with van der Waals surface area (Å²) >= 11 is 0. The van der Waals surface area contributed by atoms with Crippen LogP contribution in [0.25, 0.3) is 0 Å². The molecule has 1 aliphatic heterocycles. The van der Waals surface area contributed by atoms with E-state index in [4.69, 9.17) is 0 Å². The predicted molar refractivity (Wildman–Crippen MR) is 99.7 cm³/mol. The average molecular weight is 412 g/mol. The number of halogens is 3. The van der Waals surface area contributed by atoms with Crippen LogP contribution >= 0.6 is 0 Å². The molecule has 28 heavy (non-hydrogen) atoms. The summed E-state index contributed by atoms with van der Waals surface area (Å²) in [5.74, 6) is -0.207. The second kappa shape index (κ2) is 7.83. The van der Waals surface area contributed by atoms with Crippen LogP contribution in [0.15, 0.2) is 48.5 Å². The minimum atomic E-state index is -4.37. The van der Waals surface area contributed by atoms with E-state index in [2.05, 4.69) is 5.32 Å². The standard InChI is InChI=1S/C19H19F3N2O3S/c20-19(21,22)16-6-2-14(3-7-16)10-11-23-18(25)15-4-8-17(9-5-15)24-12-1-13-28(24,26)27/h2-9H,1,10-13H2,(H,23,25). The Kier molecular flexibility index (Phi) is 5.64. The molecule has 0 aliphatic carbocycles. The molecule has 9 heteroatoms. The number of alkyl halides is 3. The molecule has 150 valence electrons. The van der Waals surface area contributed by atoms with Gasteiger partial charge in [0, 0.05) is 18.7 Å². The molecule has 1 amide bonds. The van der Waals surface area contributed by atoms with Gasteiger partial charge in [0.15, 0.2) is 0 Å². The molecule has 3 rings (SSSR count). The fourth-order valence-electron chi connectivity index (χ4n) is 2.99. The quantitative estimate of drug-likeness (QED) is 0.820. The Bertz CT molecular complexity index is 940. The van der Waals surface area contributed by atoms with Crippen LogP contribution in [0.4, 0.5) is 18.9 Å². The highest BCUT2D eigenvalue weighted by atomic mass is 32.2. The van der Waals surface area contributed by atoms with Crippen LogP contribution < -0.4 is 9.62 Å². The minimum Gasteiger partial charge on any atom is -0.352 e. The van der Waals surface area contributed by atoms with E-state index in [0.717, 1.165) is 12.1 Å². The zero-order valence-corrected chi connectivity index (χ0v) is 15.7. The number of anilines is 1. The van der Waals surface area contributed by atoms with E-state index >= 15 is 0 Å². The summed E-state index contributed by atoms with van der Waals surface area (Å²) in [5, 5.41) is 2.70. The van der Waals surface area contributed by atoms with Gasteiger partial charge in [-0.25, -0.2) is 8.42 Å². The van der Waals surface area contributed by atoms with E-state index in [1.165, 1.54) is 16.4 Å². The lowest BCUT2D eigenvalue weighted by Crippen LogP contribution is -2.27. The van der Waals surface area contributed by atoms with Gasteiger partial charge in [0.25, 0.3) is 5.91 Å². The fourth-order valence-corrected chi connectivity index (χ4v) is 4.56. The predicted octanol–water partition coefficient (Wildman–Crippen LogP) is 3.22. The smallest absolute Gasteiger partial charge is 0.352 e. The zero-order chi connectivity index (χ0) is 20.4. The maximum atomic E-state index is 12.5. The fraction of sp³-hybridized carbons (Fsp3) is 0.316. The van der Waals surface area contributed by atoms with Gasteiger partial charge in [0.2, 0.25) is 10.0 Å². The van der Waals surface area contributed by atoms with Crippen molar-refractivity contribution in [2.24, 2.45) is 0 Å². The molecule has 5 nitrogen and oxygen atoms in total. The van der Waals surface area contributed by atoms with Gasteiger partial charge in [0.1, 0.15) is 0 Å². The van der Waals surface area contributed by atoms with Gasteiger partial charge in [-0.2, -0.15) is 13.2 Å². The van der Waals surface area contributed by atoms with Gasteiger partial charge in [-0.1, -0.05) is 12.1 Å². The number of rotatable bonds is 5. The molecule has 0 saturated carbocycles. The molecule has 0 unspecified atom stereocenters. The average Bonchev–Trinajstić information content (AvgIpc) is 3.00. The molecular weight excluding hydrogens is 393 g/mol. The van der Waals surface area contributed by atoms with Crippen LogP contribution in [-0.4, -0.2) is 33.2 Å². The second-order valence-corrected chi connectivity index (χ2v) is 8.50. The summed E-state index contributed by atoms with van der Waals surface area (Å²) < 4.78 is 62.8. The first-order valence-corrected chi connectivity index (χ1v) is 10.3. The van der Waals surface area contributed by atoms with E-state index in [1.54, 1.807) is 24.3 Å². The molecule has 0 spiro atoms. The third-order valence-electron chi connectivity index (χ3n) is 4.50. The SMILES string of the molecule is O=C(NCCc1ccc(C(F)(F)F)cc1)c1ccc(N2CCCS2(=O)=O)cc1. The molecule has 2 aromatic carbocycles. The first-order chi connectivity index (χ1) is 13.2. The molecule has 0 atom stereocenters. The number of hydrogen-bond donors (Lipinski definition) is 1. The summed E-state index contributed by atoms with van der Waals surface area (Å²) in [5.41, 5.74) is 0.884. The molecule has 1 N–H and O–H groups in total.